The zero-order chi connectivity index (χ0) is 12.7. The monoisotopic (exact) mass is 237 g/mol. The van der Waals surface area contributed by atoms with Crippen molar-refractivity contribution in [1.29, 1.82) is 0 Å². The van der Waals surface area contributed by atoms with E-state index in [4.69, 9.17) is 4.74 Å². The van der Waals surface area contributed by atoms with Gasteiger partial charge in [-0.2, -0.15) is 0 Å². The van der Waals surface area contributed by atoms with Gasteiger partial charge in [-0.25, -0.2) is 0 Å². The number of aliphatic hydroxyl groups excluding tert-OH is 1. The van der Waals surface area contributed by atoms with Crippen LogP contribution in [0.2, 0.25) is 0 Å². The second kappa shape index (κ2) is 7.30. The highest BCUT2D eigenvalue weighted by molar-refractivity contribution is 5.29. The summed E-state index contributed by atoms with van der Waals surface area (Å²) in [7, 11) is 1.87. The second-order valence-electron chi connectivity index (χ2n) is 4.17. The second-order valence-corrected chi connectivity index (χ2v) is 4.17. The predicted molar refractivity (Wildman–Crippen MR) is 70.3 cm³/mol. The molecule has 0 fully saturated rings. The average molecular weight is 237 g/mol. The van der Waals surface area contributed by atoms with E-state index < -0.39 is 6.10 Å². The third-order valence-corrected chi connectivity index (χ3v) is 2.89. The molecule has 0 aliphatic heterocycles. The minimum atomic E-state index is -0.467. The zero-order valence-corrected chi connectivity index (χ0v) is 10.9. The van der Waals surface area contributed by atoms with Crippen LogP contribution >= 0.6 is 0 Å². The van der Waals surface area contributed by atoms with E-state index in [1.54, 1.807) is 0 Å². The third kappa shape index (κ3) is 4.02. The number of hydrogen-bond donors (Lipinski definition) is 2. The predicted octanol–water partition coefficient (Wildman–Crippen LogP) is 2.51. The minimum absolute atomic E-state index is 0.0948. The first-order valence-electron chi connectivity index (χ1n) is 6.31. The van der Waals surface area contributed by atoms with Crippen LogP contribution in [0, 0.1) is 0 Å². The van der Waals surface area contributed by atoms with E-state index >= 15 is 0 Å². The van der Waals surface area contributed by atoms with Crippen molar-refractivity contribution in [1.82, 2.24) is 5.32 Å². The molecule has 0 saturated heterocycles. The maximum atomic E-state index is 10.1. The van der Waals surface area contributed by atoms with Crippen LogP contribution in [0.5, 0.6) is 5.75 Å². The van der Waals surface area contributed by atoms with Gasteiger partial charge < -0.3 is 15.2 Å². The standard InChI is InChI=1S/C14H23NO2/c1-4-10-17-12-8-6-11(7-9-12)14(16)13(5-2)15-3/h6-9,13-16H,4-5,10H2,1-3H3. The molecule has 2 atom stereocenters. The van der Waals surface area contributed by atoms with Crippen molar-refractivity contribution in [3.8, 4) is 5.75 Å². The maximum Gasteiger partial charge on any atom is 0.119 e. The normalized spacial score (nSPS) is 14.4. The van der Waals surface area contributed by atoms with E-state index in [-0.39, 0.29) is 6.04 Å². The molecule has 0 aliphatic rings. The van der Waals surface area contributed by atoms with Crippen molar-refractivity contribution >= 4 is 0 Å². The molecule has 2 N–H and O–H groups in total. The first-order chi connectivity index (χ1) is 8.22. The van der Waals surface area contributed by atoms with E-state index in [0.717, 1.165) is 30.8 Å². The molecule has 1 aromatic rings. The van der Waals surface area contributed by atoms with Crippen molar-refractivity contribution in [2.75, 3.05) is 13.7 Å². The molecule has 1 aromatic carbocycles. The molecule has 17 heavy (non-hydrogen) atoms. The molecule has 0 aliphatic carbocycles. The average Bonchev–Trinajstić information content (AvgIpc) is 2.38. The number of hydrogen-bond acceptors (Lipinski definition) is 3. The molecule has 3 nitrogen and oxygen atoms in total. The molecule has 0 heterocycles. The number of likely N-dealkylation sites (N-methyl/N-ethyl adjacent to an activating group) is 1. The van der Waals surface area contributed by atoms with Gasteiger partial charge in [-0.15, -0.1) is 0 Å². The van der Waals surface area contributed by atoms with E-state index in [1.807, 2.05) is 31.3 Å². The molecule has 0 bridgehead atoms. The van der Waals surface area contributed by atoms with Crippen LogP contribution in [-0.2, 0) is 0 Å². The van der Waals surface area contributed by atoms with Gasteiger partial charge in [0, 0.05) is 6.04 Å². The quantitative estimate of drug-likeness (QED) is 0.765. The van der Waals surface area contributed by atoms with Crippen molar-refractivity contribution in [2.45, 2.75) is 38.8 Å². The Morgan fingerprint density at radius 2 is 1.88 bits per heavy atom. The van der Waals surface area contributed by atoms with Crippen molar-refractivity contribution in [3.63, 3.8) is 0 Å². The number of benzene rings is 1. The Morgan fingerprint density at radius 1 is 1.24 bits per heavy atom. The Labute approximate surface area is 104 Å². The lowest BCUT2D eigenvalue weighted by atomic mass is 10.0. The Balaban J connectivity index is 2.66. The van der Waals surface area contributed by atoms with E-state index in [2.05, 4.69) is 19.2 Å². The van der Waals surface area contributed by atoms with Gasteiger partial charge in [0.2, 0.25) is 0 Å². The summed E-state index contributed by atoms with van der Waals surface area (Å²) in [5.74, 6) is 0.861. The summed E-state index contributed by atoms with van der Waals surface area (Å²) in [6, 6.07) is 7.77. The van der Waals surface area contributed by atoms with E-state index in [1.165, 1.54) is 0 Å². The summed E-state index contributed by atoms with van der Waals surface area (Å²) in [6.07, 6.45) is 1.43. The Bertz CT molecular complexity index is 307. The number of rotatable bonds is 7. The highest BCUT2D eigenvalue weighted by Gasteiger charge is 2.16. The number of nitrogens with one attached hydrogen (secondary N) is 1. The molecule has 0 amide bonds. The van der Waals surface area contributed by atoms with Crippen LogP contribution in [-0.4, -0.2) is 24.8 Å². The lowest BCUT2D eigenvalue weighted by molar-refractivity contribution is 0.130. The Kier molecular flexibility index (Phi) is 6.01. The first-order valence-corrected chi connectivity index (χ1v) is 6.31. The summed E-state index contributed by atoms with van der Waals surface area (Å²) in [6.45, 7) is 4.87. The van der Waals surface area contributed by atoms with Crippen LogP contribution in [0.1, 0.15) is 38.4 Å². The third-order valence-electron chi connectivity index (χ3n) is 2.89. The van der Waals surface area contributed by atoms with Crippen molar-refractivity contribution < 1.29 is 9.84 Å². The molecule has 0 saturated carbocycles. The fraction of sp³-hybridized carbons (Fsp3) is 0.571. The lowest BCUT2D eigenvalue weighted by Crippen LogP contribution is -2.31. The van der Waals surface area contributed by atoms with Crippen molar-refractivity contribution in [2.24, 2.45) is 0 Å². The molecule has 1 rings (SSSR count). The van der Waals surface area contributed by atoms with Gasteiger partial charge >= 0.3 is 0 Å². The molecule has 0 spiro atoms. The molecule has 96 valence electrons. The fourth-order valence-electron chi connectivity index (χ4n) is 1.80. The highest BCUT2D eigenvalue weighted by atomic mass is 16.5. The topological polar surface area (TPSA) is 41.5 Å². The highest BCUT2D eigenvalue weighted by Crippen LogP contribution is 2.21. The molecular formula is C14H23NO2. The first kappa shape index (κ1) is 14.0. The smallest absolute Gasteiger partial charge is 0.119 e. The van der Waals surface area contributed by atoms with Gasteiger partial charge in [0.1, 0.15) is 5.75 Å². The van der Waals surface area contributed by atoms with Crippen LogP contribution in [0.25, 0.3) is 0 Å². The summed E-state index contributed by atoms with van der Waals surface area (Å²) in [5, 5.41) is 13.3. The zero-order valence-electron chi connectivity index (χ0n) is 10.9. The Hall–Kier alpha value is -1.06. The van der Waals surface area contributed by atoms with Gasteiger partial charge in [0.25, 0.3) is 0 Å². The molecule has 3 heteroatoms. The molecule has 0 aromatic heterocycles. The lowest BCUT2D eigenvalue weighted by Gasteiger charge is -2.21. The van der Waals surface area contributed by atoms with E-state index in [9.17, 15) is 5.11 Å². The van der Waals surface area contributed by atoms with Crippen LogP contribution in [0.3, 0.4) is 0 Å². The van der Waals surface area contributed by atoms with Gasteiger partial charge in [0.15, 0.2) is 0 Å². The summed E-state index contributed by atoms with van der Waals surface area (Å²) < 4.78 is 5.51. The summed E-state index contributed by atoms with van der Waals surface area (Å²) in [4.78, 5) is 0. The Morgan fingerprint density at radius 3 is 2.35 bits per heavy atom. The van der Waals surface area contributed by atoms with Crippen LogP contribution in [0.15, 0.2) is 24.3 Å². The van der Waals surface area contributed by atoms with Gasteiger partial charge in [-0.05, 0) is 37.6 Å². The van der Waals surface area contributed by atoms with Gasteiger partial charge in [-0.1, -0.05) is 26.0 Å². The fourth-order valence-corrected chi connectivity index (χ4v) is 1.80. The largest absolute Gasteiger partial charge is 0.494 e. The molecule has 0 radical (unpaired) electrons. The summed E-state index contributed by atoms with van der Waals surface area (Å²) >= 11 is 0. The van der Waals surface area contributed by atoms with Gasteiger partial charge in [0.05, 0.1) is 12.7 Å². The number of ether oxygens (including phenoxy) is 1. The minimum Gasteiger partial charge on any atom is -0.494 e. The molecular weight excluding hydrogens is 214 g/mol. The SMILES string of the molecule is CCCOc1ccc(C(O)C(CC)NC)cc1. The van der Waals surface area contributed by atoms with E-state index in [0.29, 0.717) is 0 Å². The summed E-state index contributed by atoms with van der Waals surface area (Å²) in [5.41, 5.74) is 0.926. The van der Waals surface area contributed by atoms with Crippen molar-refractivity contribution in [3.05, 3.63) is 29.8 Å². The van der Waals surface area contributed by atoms with Crippen LogP contribution < -0.4 is 10.1 Å². The molecule has 2 unspecified atom stereocenters. The van der Waals surface area contributed by atoms with Crippen LogP contribution in [0.4, 0.5) is 0 Å². The maximum absolute atomic E-state index is 10.1. The van der Waals surface area contributed by atoms with Gasteiger partial charge in [-0.3, -0.25) is 0 Å². The number of aliphatic hydroxyl groups is 1.